The second-order valence-corrected chi connectivity index (χ2v) is 5.89. The Morgan fingerprint density at radius 3 is 2.43 bits per heavy atom. The molecule has 1 saturated heterocycles. The Labute approximate surface area is 136 Å². The van der Waals surface area contributed by atoms with E-state index in [2.05, 4.69) is 4.90 Å². The highest BCUT2D eigenvalue weighted by Crippen LogP contribution is 2.20. The number of carbonyl (C=O) groups excluding carboxylic acids is 1. The maximum absolute atomic E-state index is 12.2. The van der Waals surface area contributed by atoms with Crippen molar-refractivity contribution in [3.63, 3.8) is 0 Å². The molecule has 2 aromatic rings. The molecule has 0 unspecified atom stereocenters. The van der Waals surface area contributed by atoms with Crippen LogP contribution in [0.1, 0.15) is 35.2 Å². The van der Waals surface area contributed by atoms with Gasteiger partial charge in [-0.2, -0.15) is 0 Å². The van der Waals surface area contributed by atoms with Crippen molar-refractivity contribution in [2.24, 2.45) is 0 Å². The molecule has 2 aromatic carbocycles. The van der Waals surface area contributed by atoms with Crippen LogP contribution in [0.25, 0.3) is 6.08 Å². The van der Waals surface area contributed by atoms with E-state index in [1.807, 2.05) is 30.3 Å². The summed E-state index contributed by atoms with van der Waals surface area (Å²) in [5.41, 5.74) is 2.68. The van der Waals surface area contributed by atoms with Gasteiger partial charge < -0.3 is 10.0 Å². The van der Waals surface area contributed by atoms with Crippen molar-refractivity contribution in [2.45, 2.75) is 19.3 Å². The smallest absolute Gasteiger partial charge is 0.185 e. The molecule has 23 heavy (non-hydrogen) atoms. The van der Waals surface area contributed by atoms with Gasteiger partial charge in [0.05, 0.1) is 0 Å². The van der Waals surface area contributed by atoms with Crippen LogP contribution in [0, 0.1) is 0 Å². The maximum atomic E-state index is 12.2. The van der Waals surface area contributed by atoms with E-state index in [4.69, 9.17) is 0 Å². The van der Waals surface area contributed by atoms with Gasteiger partial charge in [-0.15, -0.1) is 0 Å². The summed E-state index contributed by atoms with van der Waals surface area (Å²) in [6.07, 6.45) is 7.07. The lowest BCUT2D eigenvalue weighted by molar-refractivity contribution is 0.104. The van der Waals surface area contributed by atoms with Gasteiger partial charge in [0, 0.05) is 24.3 Å². The molecule has 0 spiro atoms. The third-order valence-electron chi connectivity index (χ3n) is 4.17. The molecule has 0 radical (unpaired) electrons. The van der Waals surface area contributed by atoms with E-state index in [0.29, 0.717) is 5.56 Å². The lowest BCUT2D eigenvalue weighted by atomic mass is 10.1. The predicted molar refractivity (Wildman–Crippen MR) is 94.0 cm³/mol. The van der Waals surface area contributed by atoms with Crippen molar-refractivity contribution in [1.82, 2.24) is 0 Å². The highest BCUT2D eigenvalue weighted by atomic mass is 16.3. The molecular formula is C20H21NO2. The molecule has 0 amide bonds. The molecule has 118 valence electrons. The molecule has 1 aliphatic heterocycles. The van der Waals surface area contributed by atoms with Crippen LogP contribution in [0.4, 0.5) is 5.69 Å². The fourth-order valence-corrected chi connectivity index (χ4v) is 2.89. The number of benzene rings is 2. The number of aromatic hydroxyl groups is 1. The van der Waals surface area contributed by atoms with Gasteiger partial charge in [0.2, 0.25) is 0 Å². The average Bonchev–Trinajstić information content (AvgIpc) is 2.61. The first-order chi connectivity index (χ1) is 11.2. The summed E-state index contributed by atoms with van der Waals surface area (Å²) < 4.78 is 0. The zero-order valence-electron chi connectivity index (χ0n) is 13.1. The van der Waals surface area contributed by atoms with E-state index in [1.165, 1.54) is 24.9 Å². The number of rotatable bonds is 4. The first kappa shape index (κ1) is 15.3. The lowest BCUT2D eigenvalue weighted by Gasteiger charge is -2.28. The summed E-state index contributed by atoms with van der Waals surface area (Å²) in [5.74, 6) is 0.170. The van der Waals surface area contributed by atoms with Crippen molar-refractivity contribution in [2.75, 3.05) is 18.0 Å². The zero-order chi connectivity index (χ0) is 16.1. The molecule has 1 heterocycles. The number of allylic oxidation sites excluding steroid dienone is 1. The number of piperidine rings is 1. The Balaban J connectivity index is 1.67. The fraction of sp³-hybridized carbons (Fsp3) is 0.250. The van der Waals surface area contributed by atoms with Crippen LogP contribution >= 0.6 is 0 Å². The minimum atomic E-state index is -0.0291. The van der Waals surface area contributed by atoms with Gasteiger partial charge in [0.25, 0.3) is 0 Å². The second kappa shape index (κ2) is 7.14. The van der Waals surface area contributed by atoms with E-state index in [0.717, 1.165) is 18.7 Å². The van der Waals surface area contributed by atoms with Crippen molar-refractivity contribution < 1.29 is 9.90 Å². The minimum Gasteiger partial charge on any atom is -0.508 e. The summed E-state index contributed by atoms with van der Waals surface area (Å²) in [6, 6.07) is 14.7. The number of nitrogens with zero attached hydrogens (tertiary/aromatic N) is 1. The number of carbonyl (C=O) groups is 1. The van der Waals surface area contributed by atoms with Crippen LogP contribution in [-0.2, 0) is 0 Å². The largest absolute Gasteiger partial charge is 0.508 e. The van der Waals surface area contributed by atoms with Gasteiger partial charge in [0.15, 0.2) is 5.78 Å². The summed E-state index contributed by atoms with van der Waals surface area (Å²) >= 11 is 0. The van der Waals surface area contributed by atoms with Crippen LogP contribution in [0.2, 0.25) is 0 Å². The van der Waals surface area contributed by atoms with Gasteiger partial charge in [-0.1, -0.05) is 18.2 Å². The topological polar surface area (TPSA) is 40.5 Å². The van der Waals surface area contributed by atoms with Gasteiger partial charge in [-0.05, 0) is 67.3 Å². The highest BCUT2D eigenvalue weighted by molar-refractivity contribution is 6.07. The maximum Gasteiger partial charge on any atom is 0.185 e. The Bertz CT molecular complexity index is 698. The van der Waals surface area contributed by atoms with E-state index < -0.39 is 0 Å². The van der Waals surface area contributed by atoms with Gasteiger partial charge in [0.1, 0.15) is 5.75 Å². The average molecular weight is 307 g/mol. The zero-order valence-corrected chi connectivity index (χ0v) is 13.1. The molecule has 3 rings (SSSR count). The molecule has 0 bridgehead atoms. The molecule has 0 atom stereocenters. The molecular weight excluding hydrogens is 286 g/mol. The summed E-state index contributed by atoms with van der Waals surface area (Å²) in [6.45, 7) is 2.20. The predicted octanol–water partition coefficient (Wildman–Crippen LogP) is 4.28. The van der Waals surface area contributed by atoms with E-state index >= 15 is 0 Å². The monoisotopic (exact) mass is 307 g/mol. The van der Waals surface area contributed by atoms with Gasteiger partial charge in [-0.3, -0.25) is 4.79 Å². The number of hydrogen-bond donors (Lipinski definition) is 1. The van der Waals surface area contributed by atoms with Crippen molar-refractivity contribution in [3.05, 3.63) is 65.7 Å². The molecule has 1 fully saturated rings. The standard InChI is InChI=1S/C20H21NO2/c22-19-6-4-5-16(15-19)7-12-20(23)17-8-10-18(11-9-17)21-13-2-1-3-14-21/h4-12,15,22H,1-3,13-14H2. The SMILES string of the molecule is O=C(C=Cc1cccc(O)c1)c1ccc(N2CCCCC2)cc1. The number of phenols is 1. The molecule has 0 aromatic heterocycles. The number of ketones is 1. The molecule has 3 heteroatoms. The van der Waals surface area contributed by atoms with E-state index in [9.17, 15) is 9.90 Å². The van der Waals surface area contributed by atoms with E-state index in [1.54, 1.807) is 30.4 Å². The second-order valence-electron chi connectivity index (χ2n) is 5.89. The van der Waals surface area contributed by atoms with Crippen molar-refractivity contribution in [3.8, 4) is 5.75 Å². The number of hydrogen-bond acceptors (Lipinski definition) is 3. The van der Waals surface area contributed by atoms with Crippen molar-refractivity contribution >= 4 is 17.5 Å². The summed E-state index contributed by atoms with van der Waals surface area (Å²) in [7, 11) is 0. The van der Waals surface area contributed by atoms with Crippen LogP contribution in [-0.4, -0.2) is 24.0 Å². The third kappa shape index (κ3) is 4.01. The Morgan fingerprint density at radius 2 is 1.74 bits per heavy atom. The first-order valence-electron chi connectivity index (χ1n) is 8.09. The Kier molecular flexibility index (Phi) is 4.77. The number of phenolic OH excluding ortho intramolecular Hbond substituents is 1. The molecule has 0 aliphatic carbocycles. The van der Waals surface area contributed by atoms with Crippen LogP contribution in [0.3, 0.4) is 0 Å². The molecule has 1 aliphatic rings. The highest BCUT2D eigenvalue weighted by Gasteiger charge is 2.11. The molecule has 0 saturated carbocycles. The normalized spacial score (nSPS) is 15.0. The van der Waals surface area contributed by atoms with Crippen molar-refractivity contribution in [1.29, 1.82) is 0 Å². The quantitative estimate of drug-likeness (QED) is 0.677. The number of anilines is 1. The summed E-state index contributed by atoms with van der Waals surface area (Å²) in [5, 5.41) is 9.43. The Morgan fingerprint density at radius 1 is 1.00 bits per heavy atom. The molecule has 1 N–H and O–H groups in total. The fourth-order valence-electron chi connectivity index (χ4n) is 2.89. The van der Waals surface area contributed by atoms with Gasteiger partial charge >= 0.3 is 0 Å². The van der Waals surface area contributed by atoms with Crippen LogP contribution in [0.5, 0.6) is 5.75 Å². The van der Waals surface area contributed by atoms with E-state index in [-0.39, 0.29) is 11.5 Å². The third-order valence-corrected chi connectivity index (χ3v) is 4.17. The lowest BCUT2D eigenvalue weighted by Crippen LogP contribution is -2.29. The van der Waals surface area contributed by atoms with Gasteiger partial charge in [-0.25, -0.2) is 0 Å². The minimum absolute atomic E-state index is 0.0291. The first-order valence-corrected chi connectivity index (χ1v) is 8.09. The molecule has 3 nitrogen and oxygen atoms in total. The van der Waals surface area contributed by atoms with Crippen LogP contribution < -0.4 is 4.90 Å². The summed E-state index contributed by atoms with van der Waals surface area (Å²) in [4.78, 5) is 14.6. The Hall–Kier alpha value is -2.55. The van der Waals surface area contributed by atoms with Crippen LogP contribution in [0.15, 0.2) is 54.6 Å².